The summed E-state index contributed by atoms with van der Waals surface area (Å²) in [6.45, 7) is 5.53. The van der Waals surface area contributed by atoms with E-state index in [4.69, 9.17) is 12.2 Å². The summed E-state index contributed by atoms with van der Waals surface area (Å²) in [5, 5.41) is 6.58. The first kappa shape index (κ1) is 13.1. The van der Waals surface area contributed by atoms with Crippen molar-refractivity contribution in [3.63, 3.8) is 0 Å². The van der Waals surface area contributed by atoms with Gasteiger partial charge in [0.25, 0.3) is 0 Å². The topological polar surface area (TPSA) is 27.3 Å². The Labute approximate surface area is 110 Å². The van der Waals surface area contributed by atoms with E-state index in [-0.39, 0.29) is 5.66 Å². The average Bonchev–Trinajstić information content (AvgIpc) is 2.45. The molecule has 1 spiro atoms. The summed E-state index contributed by atoms with van der Waals surface area (Å²) in [5.41, 5.74) is 3.71. The van der Waals surface area contributed by atoms with Crippen molar-refractivity contribution < 1.29 is 0 Å². The van der Waals surface area contributed by atoms with Crippen LogP contribution < -0.4 is 10.7 Å². The highest BCUT2D eigenvalue weighted by Crippen LogP contribution is 2.28. The molecule has 1 aliphatic heterocycles. The molecule has 0 atom stereocenters. The van der Waals surface area contributed by atoms with E-state index in [9.17, 15) is 0 Å². The summed E-state index contributed by atoms with van der Waals surface area (Å²) in [7, 11) is 0. The van der Waals surface area contributed by atoms with Gasteiger partial charge in [-0.2, -0.15) is 0 Å². The first-order valence-corrected chi connectivity index (χ1v) is 7.40. The van der Waals surface area contributed by atoms with E-state index in [1.165, 1.54) is 44.9 Å². The number of hydrogen-bond acceptors (Lipinski definition) is 2. The highest BCUT2D eigenvalue weighted by molar-refractivity contribution is 7.80. The minimum absolute atomic E-state index is 0.0740. The number of nitrogens with one attached hydrogen (secondary N) is 2. The molecular formula is C13H25N3S. The van der Waals surface area contributed by atoms with E-state index in [1.54, 1.807) is 0 Å². The Kier molecular flexibility index (Phi) is 4.26. The Morgan fingerprint density at radius 3 is 2.47 bits per heavy atom. The summed E-state index contributed by atoms with van der Waals surface area (Å²) in [4.78, 5) is 0. The maximum atomic E-state index is 5.44. The fraction of sp³-hybridized carbons (Fsp3) is 0.923. The van der Waals surface area contributed by atoms with Crippen LogP contribution in [-0.2, 0) is 0 Å². The smallest absolute Gasteiger partial charge is 0.185 e. The molecular weight excluding hydrogens is 230 g/mol. The Morgan fingerprint density at radius 2 is 1.88 bits per heavy atom. The van der Waals surface area contributed by atoms with Gasteiger partial charge in [0, 0.05) is 6.54 Å². The van der Waals surface area contributed by atoms with Crippen LogP contribution in [0.5, 0.6) is 0 Å². The van der Waals surface area contributed by atoms with Crippen LogP contribution in [0.2, 0.25) is 0 Å². The summed E-state index contributed by atoms with van der Waals surface area (Å²) < 4.78 is 0. The predicted molar refractivity (Wildman–Crippen MR) is 75.5 cm³/mol. The minimum Gasteiger partial charge on any atom is -0.342 e. The van der Waals surface area contributed by atoms with Crippen molar-refractivity contribution in [2.45, 2.75) is 64.5 Å². The zero-order valence-electron chi connectivity index (χ0n) is 11.1. The fourth-order valence-electron chi connectivity index (χ4n) is 2.72. The summed E-state index contributed by atoms with van der Waals surface area (Å²) in [6, 6.07) is 0. The van der Waals surface area contributed by atoms with Crippen LogP contribution in [0.3, 0.4) is 0 Å². The van der Waals surface area contributed by atoms with Crippen molar-refractivity contribution in [3.8, 4) is 0 Å². The van der Waals surface area contributed by atoms with Crippen molar-refractivity contribution in [1.82, 2.24) is 15.8 Å². The molecule has 17 heavy (non-hydrogen) atoms. The van der Waals surface area contributed by atoms with Crippen molar-refractivity contribution in [2.75, 3.05) is 6.54 Å². The van der Waals surface area contributed by atoms with Crippen LogP contribution >= 0.6 is 12.2 Å². The van der Waals surface area contributed by atoms with E-state index in [0.717, 1.165) is 17.6 Å². The van der Waals surface area contributed by atoms with Gasteiger partial charge in [-0.15, -0.1) is 0 Å². The van der Waals surface area contributed by atoms with E-state index in [0.29, 0.717) is 0 Å². The first-order chi connectivity index (χ1) is 8.11. The second kappa shape index (κ2) is 5.53. The van der Waals surface area contributed by atoms with Gasteiger partial charge in [-0.1, -0.05) is 26.7 Å². The van der Waals surface area contributed by atoms with Crippen LogP contribution in [0.15, 0.2) is 0 Å². The lowest BCUT2D eigenvalue weighted by Crippen LogP contribution is -2.50. The molecule has 0 aromatic rings. The molecule has 1 aliphatic carbocycles. The molecule has 2 aliphatic rings. The van der Waals surface area contributed by atoms with Gasteiger partial charge in [0.2, 0.25) is 0 Å². The SMILES string of the molecule is CC(C)CCN1NC2(CCCCCC2)NC1=S. The molecule has 0 aromatic carbocycles. The lowest BCUT2D eigenvalue weighted by molar-refractivity contribution is 0.189. The molecule has 1 saturated carbocycles. The molecule has 0 unspecified atom stereocenters. The van der Waals surface area contributed by atoms with E-state index >= 15 is 0 Å². The third kappa shape index (κ3) is 3.32. The van der Waals surface area contributed by atoms with Crippen LogP contribution in [0.1, 0.15) is 58.8 Å². The van der Waals surface area contributed by atoms with Crippen molar-refractivity contribution in [2.24, 2.45) is 5.92 Å². The van der Waals surface area contributed by atoms with Crippen LogP contribution in [0.25, 0.3) is 0 Å². The van der Waals surface area contributed by atoms with Gasteiger partial charge in [-0.25, -0.2) is 5.43 Å². The van der Waals surface area contributed by atoms with Crippen molar-refractivity contribution >= 4 is 17.3 Å². The van der Waals surface area contributed by atoms with Gasteiger partial charge < -0.3 is 5.32 Å². The lowest BCUT2D eigenvalue weighted by Gasteiger charge is -2.28. The predicted octanol–water partition coefficient (Wildman–Crippen LogP) is 2.78. The Morgan fingerprint density at radius 1 is 1.24 bits per heavy atom. The molecule has 1 heterocycles. The van der Waals surface area contributed by atoms with Crippen LogP contribution in [0.4, 0.5) is 0 Å². The van der Waals surface area contributed by atoms with E-state index < -0.39 is 0 Å². The number of hydrogen-bond donors (Lipinski definition) is 2. The number of rotatable bonds is 3. The third-order valence-electron chi connectivity index (χ3n) is 3.83. The summed E-state index contributed by atoms with van der Waals surface area (Å²) in [6.07, 6.45) is 8.93. The van der Waals surface area contributed by atoms with E-state index in [2.05, 4.69) is 29.6 Å². The van der Waals surface area contributed by atoms with Gasteiger partial charge in [-0.05, 0) is 50.2 Å². The van der Waals surface area contributed by atoms with Gasteiger partial charge in [0.05, 0.1) is 0 Å². The van der Waals surface area contributed by atoms with E-state index in [1.807, 2.05) is 0 Å². The average molecular weight is 255 g/mol. The standard InChI is InChI=1S/C13H25N3S/c1-11(2)7-10-16-12(17)14-13(15-16)8-5-3-4-6-9-13/h11,15H,3-10H2,1-2H3,(H,14,17). The number of thiocarbonyl (C=S) groups is 1. The maximum absolute atomic E-state index is 5.44. The van der Waals surface area contributed by atoms with Gasteiger partial charge >= 0.3 is 0 Å². The van der Waals surface area contributed by atoms with Crippen molar-refractivity contribution in [3.05, 3.63) is 0 Å². The minimum atomic E-state index is 0.0740. The summed E-state index contributed by atoms with van der Waals surface area (Å²) in [5.74, 6) is 0.727. The molecule has 2 fully saturated rings. The zero-order valence-corrected chi connectivity index (χ0v) is 11.9. The second-order valence-corrected chi connectivity index (χ2v) is 6.26. The highest BCUT2D eigenvalue weighted by atomic mass is 32.1. The monoisotopic (exact) mass is 255 g/mol. The second-order valence-electron chi connectivity index (χ2n) is 5.87. The van der Waals surface area contributed by atoms with Gasteiger partial charge in [0.15, 0.2) is 5.11 Å². The van der Waals surface area contributed by atoms with Gasteiger partial charge in [-0.3, -0.25) is 5.01 Å². The van der Waals surface area contributed by atoms with Crippen LogP contribution in [0, 0.1) is 5.92 Å². The molecule has 0 amide bonds. The molecule has 1 saturated heterocycles. The molecule has 98 valence electrons. The lowest BCUT2D eigenvalue weighted by atomic mass is 10.0. The molecule has 2 rings (SSSR count). The molecule has 2 N–H and O–H groups in total. The largest absolute Gasteiger partial charge is 0.342 e. The molecule has 4 heteroatoms. The molecule has 0 radical (unpaired) electrons. The molecule has 0 bridgehead atoms. The highest BCUT2D eigenvalue weighted by Gasteiger charge is 2.39. The van der Waals surface area contributed by atoms with Gasteiger partial charge in [0.1, 0.15) is 5.66 Å². The zero-order chi connectivity index (χ0) is 12.3. The Bertz CT molecular complexity index is 270. The molecule has 3 nitrogen and oxygen atoms in total. The number of nitrogens with zero attached hydrogens (tertiary/aromatic N) is 1. The van der Waals surface area contributed by atoms with Crippen molar-refractivity contribution in [1.29, 1.82) is 0 Å². The third-order valence-corrected chi connectivity index (χ3v) is 4.15. The Balaban J connectivity index is 1.92. The maximum Gasteiger partial charge on any atom is 0.185 e. The fourth-order valence-corrected chi connectivity index (χ4v) is 3.06. The van der Waals surface area contributed by atoms with Crippen LogP contribution in [-0.4, -0.2) is 22.3 Å². The molecule has 0 aromatic heterocycles. The summed E-state index contributed by atoms with van der Waals surface area (Å²) >= 11 is 5.44. The normalized spacial score (nSPS) is 24.2. The quantitative estimate of drug-likeness (QED) is 0.758. The Hall–Kier alpha value is -0.350. The number of hydrazine groups is 1. The first-order valence-electron chi connectivity index (χ1n) is 6.99.